The fraction of sp³-hybridized carbons (Fsp3) is 0.333. The molecule has 2 aromatic heterocycles. The Balaban J connectivity index is 1.76. The summed E-state index contributed by atoms with van der Waals surface area (Å²) in [5.41, 5.74) is 1.78. The molecule has 2 atom stereocenters. The number of rotatable bonds is 6. The summed E-state index contributed by atoms with van der Waals surface area (Å²) in [5.74, 6) is 0.847. The maximum Gasteiger partial charge on any atom is 0.291 e. The zero-order chi connectivity index (χ0) is 18.7. The molecule has 0 bridgehead atoms. The average molecular weight is 355 g/mol. The highest BCUT2D eigenvalue weighted by Crippen LogP contribution is 2.23. The maximum absolute atomic E-state index is 12.5. The molecule has 8 nitrogen and oxygen atoms in total. The van der Waals surface area contributed by atoms with Crippen LogP contribution in [0.2, 0.25) is 0 Å². The number of carbonyl (C=O) groups excluding carboxylic acids is 1. The number of amides is 1. The van der Waals surface area contributed by atoms with E-state index in [1.807, 2.05) is 38.1 Å². The Hall–Kier alpha value is -3.00. The lowest BCUT2D eigenvalue weighted by Gasteiger charge is -2.23. The van der Waals surface area contributed by atoms with E-state index in [9.17, 15) is 4.79 Å². The van der Waals surface area contributed by atoms with E-state index in [0.717, 1.165) is 17.0 Å². The number of hydrogen-bond donors (Lipinski definition) is 1. The Morgan fingerprint density at radius 3 is 2.54 bits per heavy atom. The van der Waals surface area contributed by atoms with Gasteiger partial charge in [-0.1, -0.05) is 12.1 Å². The minimum atomic E-state index is -0.377. The van der Waals surface area contributed by atoms with Crippen molar-refractivity contribution in [1.29, 1.82) is 0 Å². The molecule has 2 heterocycles. The van der Waals surface area contributed by atoms with Gasteiger partial charge in [0.25, 0.3) is 11.7 Å². The molecule has 1 aromatic carbocycles. The predicted molar refractivity (Wildman–Crippen MR) is 95.2 cm³/mol. The van der Waals surface area contributed by atoms with Crippen LogP contribution in [0.15, 0.2) is 36.5 Å². The van der Waals surface area contributed by atoms with Crippen molar-refractivity contribution in [3.05, 3.63) is 53.6 Å². The Morgan fingerprint density at radius 1 is 1.19 bits per heavy atom. The van der Waals surface area contributed by atoms with Gasteiger partial charge in [0.1, 0.15) is 11.9 Å². The molecular weight excluding hydrogens is 334 g/mol. The van der Waals surface area contributed by atoms with Gasteiger partial charge in [0.05, 0.1) is 13.2 Å². The van der Waals surface area contributed by atoms with Crippen molar-refractivity contribution in [2.75, 3.05) is 14.2 Å². The summed E-state index contributed by atoms with van der Waals surface area (Å²) in [6.07, 6.45) is 1.32. The smallest absolute Gasteiger partial charge is 0.291 e. The lowest BCUT2D eigenvalue weighted by atomic mass is 10.0. The molecule has 3 rings (SSSR count). The van der Waals surface area contributed by atoms with Gasteiger partial charge in [-0.2, -0.15) is 4.98 Å². The third-order valence-corrected chi connectivity index (χ3v) is 4.14. The minimum absolute atomic E-state index is 0.0724. The van der Waals surface area contributed by atoms with Crippen LogP contribution in [-0.2, 0) is 4.74 Å². The Bertz CT molecular complexity index is 907. The van der Waals surface area contributed by atoms with Gasteiger partial charge in [0.15, 0.2) is 0 Å². The van der Waals surface area contributed by atoms with Gasteiger partial charge in [-0.05, 0) is 37.6 Å². The van der Waals surface area contributed by atoms with Gasteiger partial charge in [0, 0.05) is 19.0 Å². The molecular formula is C18H21N5O3. The summed E-state index contributed by atoms with van der Waals surface area (Å²) in [7, 11) is 3.22. The number of nitrogens with one attached hydrogen (secondary N) is 1. The van der Waals surface area contributed by atoms with Crippen molar-refractivity contribution < 1.29 is 14.3 Å². The van der Waals surface area contributed by atoms with Gasteiger partial charge in [-0.15, -0.1) is 5.10 Å². The van der Waals surface area contributed by atoms with Crippen LogP contribution in [0.1, 0.15) is 34.9 Å². The summed E-state index contributed by atoms with van der Waals surface area (Å²) in [5, 5.41) is 7.11. The fourth-order valence-corrected chi connectivity index (χ4v) is 2.77. The standard InChI is InChI=1S/C18H21N5O3/c1-11-9-10-19-18-21-16(22-23(11)18)17(24)20-12(2)15(26-4)13-5-7-14(25-3)8-6-13/h5-10,12,15H,1-4H3,(H,20,24)/t12-,15+/m0/s1. The quantitative estimate of drug-likeness (QED) is 0.727. The van der Waals surface area contributed by atoms with E-state index in [1.54, 1.807) is 26.5 Å². The van der Waals surface area contributed by atoms with Gasteiger partial charge in [0.2, 0.25) is 5.82 Å². The molecule has 0 fully saturated rings. The van der Waals surface area contributed by atoms with Crippen LogP contribution < -0.4 is 10.1 Å². The Morgan fingerprint density at radius 2 is 1.92 bits per heavy atom. The normalized spacial score (nSPS) is 13.4. The van der Waals surface area contributed by atoms with Crippen molar-refractivity contribution >= 4 is 11.7 Å². The van der Waals surface area contributed by atoms with Crippen LogP contribution in [0.25, 0.3) is 5.78 Å². The number of aryl methyl sites for hydroxylation is 1. The van der Waals surface area contributed by atoms with Gasteiger partial charge in [-0.25, -0.2) is 9.50 Å². The fourth-order valence-electron chi connectivity index (χ4n) is 2.77. The Labute approximate surface area is 151 Å². The molecule has 26 heavy (non-hydrogen) atoms. The Kier molecular flexibility index (Phi) is 5.13. The molecule has 0 spiro atoms. The van der Waals surface area contributed by atoms with Crippen molar-refractivity contribution in [3.63, 3.8) is 0 Å². The number of aromatic nitrogens is 4. The van der Waals surface area contributed by atoms with Crippen LogP contribution in [0.3, 0.4) is 0 Å². The summed E-state index contributed by atoms with van der Waals surface area (Å²) < 4.78 is 12.3. The first-order valence-corrected chi connectivity index (χ1v) is 8.19. The van der Waals surface area contributed by atoms with Gasteiger partial charge < -0.3 is 14.8 Å². The van der Waals surface area contributed by atoms with Gasteiger partial charge >= 0.3 is 0 Å². The predicted octanol–water partition coefficient (Wildman–Crippen LogP) is 1.95. The molecule has 0 aliphatic rings. The van der Waals surface area contributed by atoms with E-state index < -0.39 is 0 Å². The highest BCUT2D eigenvalue weighted by Gasteiger charge is 2.23. The summed E-state index contributed by atoms with van der Waals surface area (Å²) >= 11 is 0. The monoisotopic (exact) mass is 355 g/mol. The molecule has 1 amide bonds. The van der Waals surface area contributed by atoms with E-state index in [-0.39, 0.29) is 23.9 Å². The molecule has 0 aliphatic carbocycles. The second-order valence-corrected chi connectivity index (χ2v) is 5.93. The number of fused-ring (bicyclic) bond motifs is 1. The number of methoxy groups -OCH3 is 2. The molecule has 0 saturated heterocycles. The maximum atomic E-state index is 12.5. The molecule has 3 aromatic rings. The third kappa shape index (κ3) is 3.50. The van der Waals surface area contributed by atoms with E-state index in [0.29, 0.717) is 5.78 Å². The first-order valence-electron chi connectivity index (χ1n) is 8.19. The average Bonchev–Trinajstić information content (AvgIpc) is 3.09. The SMILES string of the molecule is COc1ccc([C@H](OC)[C@H](C)NC(=O)c2nc3nccc(C)n3n2)cc1. The highest BCUT2D eigenvalue weighted by atomic mass is 16.5. The summed E-state index contributed by atoms with van der Waals surface area (Å²) in [4.78, 5) is 20.8. The number of carbonyl (C=O) groups is 1. The van der Waals surface area contributed by atoms with E-state index in [1.165, 1.54) is 4.52 Å². The largest absolute Gasteiger partial charge is 0.497 e. The lowest BCUT2D eigenvalue weighted by Crippen LogP contribution is -2.38. The summed E-state index contributed by atoms with van der Waals surface area (Å²) in [6, 6.07) is 9.04. The highest BCUT2D eigenvalue weighted by molar-refractivity contribution is 5.91. The zero-order valence-corrected chi connectivity index (χ0v) is 15.1. The van der Waals surface area contributed by atoms with Crippen molar-refractivity contribution in [2.45, 2.75) is 26.0 Å². The second kappa shape index (κ2) is 7.49. The van der Waals surface area contributed by atoms with Crippen LogP contribution >= 0.6 is 0 Å². The van der Waals surface area contributed by atoms with Crippen molar-refractivity contribution in [2.24, 2.45) is 0 Å². The van der Waals surface area contributed by atoms with E-state index >= 15 is 0 Å². The molecule has 0 radical (unpaired) electrons. The zero-order valence-electron chi connectivity index (χ0n) is 15.1. The van der Waals surface area contributed by atoms with Crippen LogP contribution in [0, 0.1) is 6.92 Å². The van der Waals surface area contributed by atoms with Crippen LogP contribution in [0.4, 0.5) is 0 Å². The van der Waals surface area contributed by atoms with Crippen LogP contribution in [0.5, 0.6) is 5.75 Å². The topological polar surface area (TPSA) is 90.6 Å². The van der Waals surface area contributed by atoms with Crippen LogP contribution in [-0.4, -0.2) is 45.8 Å². The number of ether oxygens (including phenoxy) is 2. The first-order chi connectivity index (χ1) is 12.5. The summed E-state index contributed by atoms with van der Waals surface area (Å²) in [6.45, 7) is 3.74. The molecule has 8 heteroatoms. The minimum Gasteiger partial charge on any atom is -0.497 e. The number of hydrogen-bond acceptors (Lipinski definition) is 6. The van der Waals surface area contributed by atoms with E-state index in [2.05, 4.69) is 20.4 Å². The second-order valence-electron chi connectivity index (χ2n) is 5.93. The van der Waals surface area contributed by atoms with E-state index in [4.69, 9.17) is 9.47 Å². The van der Waals surface area contributed by atoms with Crippen molar-refractivity contribution in [1.82, 2.24) is 24.9 Å². The third-order valence-electron chi connectivity index (χ3n) is 4.14. The molecule has 136 valence electrons. The lowest BCUT2D eigenvalue weighted by molar-refractivity contribution is 0.0640. The van der Waals surface area contributed by atoms with Gasteiger partial charge in [-0.3, -0.25) is 4.79 Å². The first kappa shape index (κ1) is 17.8. The molecule has 1 N–H and O–H groups in total. The number of nitrogens with zero attached hydrogens (tertiary/aromatic N) is 4. The number of benzene rings is 1. The molecule has 0 saturated carbocycles. The molecule has 0 unspecified atom stereocenters. The molecule has 0 aliphatic heterocycles. The van der Waals surface area contributed by atoms with Crippen molar-refractivity contribution in [3.8, 4) is 5.75 Å².